The molecule has 0 aliphatic heterocycles. The molecular formula is C31H37FN2O3S. The van der Waals surface area contributed by atoms with Gasteiger partial charge in [0.2, 0.25) is 0 Å². The van der Waals surface area contributed by atoms with E-state index in [4.69, 9.17) is 28.5 Å². The fraction of sp³-hybridized carbons (Fsp3) is 0.323. The summed E-state index contributed by atoms with van der Waals surface area (Å²) in [6.45, 7) is 10.1. The molecule has 0 spiro atoms. The number of thiocarbonyl (C=S) groups is 1. The molecule has 0 amide bonds. The standard InChI is InChI=1S/C23H25FN2OS.C7H10.CH2O2/c1-3-13-25-23(28)26-21-12-11-18(14-20(21)24)16-7-9-17(10-8-16)22(27)19-6-4-5-15(19)2;1-4-5-6-7(2)3;2-1-3/h3,7-12,14-15,19H,1,4-6,13H2,2H3,(H2,25,26,28);1,6H,5H2,2-3H3;1H,(H,2,3). The number of allylic oxidation sites excluding steroid dienone is 2. The minimum atomic E-state index is -0.389. The van der Waals surface area contributed by atoms with E-state index in [0.29, 0.717) is 23.3 Å². The maximum atomic E-state index is 14.4. The summed E-state index contributed by atoms with van der Waals surface area (Å²) in [6, 6.07) is 12.4. The van der Waals surface area contributed by atoms with Crippen LogP contribution in [0.15, 0.2) is 66.8 Å². The van der Waals surface area contributed by atoms with Crippen LogP contribution in [0.3, 0.4) is 0 Å². The van der Waals surface area contributed by atoms with Crippen LogP contribution in [-0.4, -0.2) is 29.0 Å². The lowest BCUT2D eigenvalue weighted by molar-refractivity contribution is -0.122. The number of benzene rings is 2. The van der Waals surface area contributed by atoms with E-state index in [1.165, 1.54) is 11.6 Å². The number of anilines is 1. The summed E-state index contributed by atoms with van der Waals surface area (Å²) < 4.78 is 14.4. The number of carboxylic acid groups (broad SMARTS) is 1. The molecule has 3 N–H and O–H groups in total. The molecule has 0 aromatic heterocycles. The average molecular weight is 537 g/mol. The van der Waals surface area contributed by atoms with Gasteiger partial charge in [-0.3, -0.25) is 9.59 Å². The first kappa shape index (κ1) is 32.3. The van der Waals surface area contributed by atoms with Gasteiger partial charge in [0, 0.05) is 24.4 Å². The van der Waals surface area contributed by atoms with Crippen LogP contribution in [0.4, 0.5) is 10.1 Å². The second-order valence-corrected chi connectivity index (χ2v) is 9.48. The fourth-order valence-electron chi connectivity index (χ4n) is 3.97. The van der Waals surface area contributed by atoms with E-state index < -0.39 is 0 Å². The van der Waals surface area contributed by atoms with Crippen LogP contribution >= 0.6 is 12.2 Å². The zero-order chi connectivity index (χ0) is 28.5. The number of terminal acetylenes is 1. The molecule has 0 radical (unpaired) electrons. The van der Waals surface area contributed by atoms with Gasteiger partial charge in [0.25, 0.3) is 6.47 Å². The molecule has 0 saturated heterocycles. The third-order valence-corrected chi connectivity index (χ3v) is 6.20. The molecule has 2 aromatic rings. The van der Waals surface area contributed by atoms with E-state index >= 15 is 0 Å². The largest absolute Gasteiger partial charge is 0.483 e. The lowest BCUT2D eigenvalue weighted by atomic mass is 9.89. The van der Waals surface area contributed by atoms with Gasteiger partial charge in [-0.1, -0.05) is 61.4 Å². The molecule has 7 heteroatoms. The molecule has 1 aliphatic rings. The van der Waals surface area contributed by atoms with Crippen LogP contribution < -0.4 is 10.6 Å². The number of halogens is 1. The molecule has 0 heterocycles. The van der Waals surface area contributed by atoms with Gasteiger partial charge in [0.05, 0.1) is 5.69 Å². The average Bonchev–Trinajstić information content (AvgIpc) is 3.33. The maximum Gasteiger partial charge on any atom is 0.290 e. The molecule has 1 aliphatic carbocycles. The zero-order valence-electron chi connectivity index (χ0n) is 22.3. The quantitative estimate of drug-likeness (QED) is 0.114. The second-order valence-electron chi connectivity index (χ2n) is 9.07. The van der Waals surface area contributed by atoms with Crippen LogP contribution in [0.25, 0.3) is 11.1 Å². The molecule has 1 fully saturated rings. The van der Waals surface area contributed by atoms with Gasteiger partial charge in [0.15, 0.2) is 10.9 Å². The highest BCUT2D eigenvalue weighted by Gasteiger charge is 2.30. The first-order chi connectivity index (χ1) is 18.2. The molecule has 202 valence electrons. The van der Waals surface area contributed by atoms with Crippen molar-refractivity contribution in [3.8, 4) is 23.5 Å². The van der Waals surface area contributed by atoms with Gasteiger partial charge < -0.3 is 15.7 Å². The van der Waals surface area contributed by atoms with E-state index in [9.17, 15) is 9.18 Å². The second kappa shape index (κ2) is 17.7. The van der Waals surface area contributed by atoms with Crippen LogP contribution in [-0.2, 0) is 4.79 Å². The Bertz CT molecular complexity index is 1150. The number of nitrogens with one attached hydrogen (secondary N) is 2. The Balaban J connectivity index is 0.000000618. The van der Waals surface area contributed by atoms with Crippen molar-refractivity contribution in [1.29, 1.82) is 0 Å². The van der Waals surface area contributed by atoms with Crippen molar-refractivity contribution in [3.63, 3.8) is 0 Å². The third kappa shape index (κ3) is 11.1. The Morgan fingerprint density at radius 3 is 2.32 bits per heavy atom. The van der Waals surface area contributed by atoms with Gasteiger partial charge >= 0.3 is 0 Å². The Labute approximate surface area is 231 Å². The van der Waals surface area contributed by atoms with Gasteiger partial charge in [-0.2, -0.15) is 0 Å². The third-order valence-electron chi connectivity index (χ3n) is 5.95. The van der Waals surface area contributed by atoms with Gasteiger partial charge in [-0.15, -0.1) is 18.9 Å². The van der Waals surface area contributed by atoms with Crippen molar-refractivity contribution in [3.05, 3.63) is 78.1 Å². The zero-order valence-corrected chi connectivity index (χ0v) is 23.1. The molecule has 0 bridgehead atoms. The number of carbonyl (C=O) groups is 2. The van der Waals surface area contributed by atoms with Crippen LogP contribution in [0, 0.1) is 30.0 Å². The Morgan fingerprint density at radius 2 is 1.84 bits per heavy atom. The van der Waals surface area contributed by atoms with Crippen molar-refractivity contribution >= 4 is 35.3 Å². The molecule has 2 atom stereocenters. The minimum Gasteiger partial charge on any atom is -0.483 e. The van der Waals surface area contributed by atoms with Crippen molar-refractivity contribution in [2.75, 3.05) is 11.9 Å². The molecule has 5 nitrogen and oxygen atoms in total. The summed E-state index contributed by atoms with van der Waals surface area (Å²) in [7, 11) is 0. The van der Waals surface area contributed by atoms with Crippen molar-refractivity contribution in [2.24, 2.45) is 11.8 Å². The first-order valence-electron chi connectivity index (χ1n) is 12.4. The number of ketones is 1. The summed E-state index contributed by atoms with van der Waals surface area (Å²) in [5.74, 6) is 2.94. The number of carbonyl (C=O) groups excluding carboxylic acids is 1. The summed E-state index contributed by atoms with van der Waals surface area (Å²) in [6.07, 6.45) is 12.7. The number of rotatable bonds is 7. The summed E-state index contributed by atoms with van der Waals surface area (Å²) in [5, 5.41) is 13.0. The van der Waals surface area contributed by atoms with Gasteiger partial charge in [-0.05, 0) is 68.1 Å². The molecule has 2 unspecified atom stereocenters. The topological polar surface area (TPSA) is 78.4 Å². The normalized spacial score (nSPS) is 15.2. The molecule has 3 rings (SSSR count). The highest BCUT2D eigenvalue weighted by molar-refractivity contribution is 7.80. The number of hydrogen-bond acceptors (Lipinski definition) is 3. The van der Waals surface area contributed by atoms with Crippen LogP contribution in [0.1, 0.15) is 56.8 Å². The Hall–Kier alpha value is -3.76. The fourth-order valence-corrected chi connectivity index (χ4v) is 4.16. The number of hydrogen-bond donors (Lipinski definition) is 3. The Morgan fingerprint density at radius 1 is 1.21 bits per heavy atom. The summed E-state index contributed by atoms with van der Waals surface area (Å²) in [5.41, 5.74) is 3.96. The molecule has 2 aromatic carbocycles. The molecule has 38 heavy (non-hydrogen) atoms. The van der Waals surface area contributed by atoms with Crippen molar-refractivity contribution in [1.82, 2.24) is 5.32 Å². The lowest BCUT2D eigenvalue weighted by Gasteiger charge is -2.14. The maximum absolute atomic E-state index is 14.4. The predicted octanol–water partition coefficient (Wildman–Crippen LogP) is 7.26. The number of Topliss-reactive ketones (excluding diaryl/α,β-unsaturated/α-hetero) is 1. The monoisotopic (exact) mass is 536 g/mol. The van der Waals surface area contributed by atoms with Crippen molar-refractivity contribution in [2.45, 2.75) is 46.5 Å². The summed E-state index contributed by atoms with van der Waals surface area (Å²) >= 11 is 5.11. The van der Waals surface area contributed by atoms with Crippen LogP contribution in [0.2, 0.25) is 0 Å². The summed E-state index contributed by atoms with van der Waals surface area (Å²) in [4.78, 5) is 21.1. The smallest absolute Gasteiger partial charge is 0.290 e. The highest BCUT2D eigenvalue weighted by atomic mass is 32.1. The Kier molecular flexibility index (Phi) is 15.0. The van der Waals surface area contributed by atoms with Crippen molar-refractivity contribution < 1.29 is 19.1 Å². The van der Waals surface area contributed by atoms with Crippen LogP contribution in [0.5, 0.6) is 0 Å². The van der Waals surface area contributed by atoms with E-state index in [2.05, 4.69) is 30.1 Å². The highest BCUT2D eigenvalue weighted by Crippen LogP contribution is 2.34. The van der Waals surface area contributed by atoms with E-state index in [1.807, 2.05) is 50.3 Å². The van der Waals surface area contributed by atoms with E-state index in [0.717, 1.165) is 42.4 Å². The molecule has 1 saturated carbocycles. The van der Waals surface area contributed by atoms with Gasteiger partial charge in [-0.25, -0.2) is 4.39 Å². The minimum absolute atomic E-state index is 0.132. The molecular weight excluding hydrogens is 499 g/mol. The predicted molar refractivity (Wildman–Crippen MR) is 159 cm³/mol. The van der Waals surface area contributed by atoms with E-state index in [1.54, 1.807) is 12.1 Å². The van der Waals surface area contributed by atoms with E-state index in [-0.39, 0.29) is 24.0 Å². The van der Waals surface area contributed by atoms with Gasteiger partial charge in [0.1, 0.15) is 5.82 Å². The lowest BCUT2D eigenvalue weighted by Crippen LogP contribution is -2.28. The first-order valence-corrected chi connectivity index (χ1v) is 12.8. The SMILES string of the molecule is C#CCC=C(C)C.C=CCNC(=S)Nc1ccc(-c2ccc(C(=O)C3CCCC3C)cc2)cc1F.O=CO.